The minimum absolute atomic E-state index is 0.282. The summed E-state index contributed by atoms with van der Waals surface area (Å²) >= 11 is 0. The van der Waals surface area contributed by atoms with Gasteiger partial charge in [-0.25, -0.2) is 9.79 Å². The molecule has 1 aromatic carbocycles. The summed E-state index contributed by atoms with van der Waals surface area (Å²) in [5, 5.41) is 8.84. The molecule has 0 unspecified atom stereocenters. The Balaban J connectivity index is 2.21. The van der Waals surface area contributed by atoms with E-state index >= 15 is 0 Å². The summed E-state index contributed by atoms with van der Waals surface area (Å²) in [7, 11) is 1.23. The Hall–Kier alpha value is -2.32. The molecular formula is C16H17NO4. The molecule has 0 aromatic heterocycles. The Morgan fingerprint density at radius 1 is 1.48 bits per heavy atom. The summed E-state index contributed by atoms with van der Waals surface area (Å²) in [5.41, 5.74) is 1.65. The Morgan fingerprint density at radius 3 is 2.86 bits per heavy atom. The Labute approximate surface area is 123 Å². The maximum absolute atomic E-state index is 11.5. The van der Waals surface area contributed by atoms with Crippen molar-refractivity contribution in [3.63, 3.8) is 0 Å². The van der Waals surface area contributed by atoms with Crippen LogP contribution >= 0.6 is 0 Å². The van der Waals surface area contributed by atoms with E-state index in [1.165, 1.54) is 7.11 Å². The summed E-state index contributed by atoms with van der Waals surface area (Å²) in [5.74, 6) is 6.21. The van der Waals surface area contributed by atoms with Gasteiger partial charge in [0.1, 0.15) is 12.5 Å². The molecule has 5 nitrogen and oxygen atoms in total. The van der Waals surface area contributed by atoms with Crippen LogP contribution in [-0.4, -0.2) is 30.8 Å². The Morgan fingerprint density at radius 2 is 2.24 bits per heavy atom. The third-order valence-electron chi connectivity index (χ3n) is 2.97. The van der Waals surface area contributed by atoms with Gasteiger partial charge in [0.25, 0.3) is 0 Å². The number of ether oxygens (including phenoxy) is 2. The van der Waals surface area contributed by atoms with Crippen LogP contribution in [0.4, 0.5) is 0 Å². The summed E-state index contributed by atoms with van der Waals surface area (Å²) < 4.78 is 10.0. The van der Waals surface area contributed by atoms with E-state index in [0.717, 1.165) is 24.0 Å². The number of rotatable bonds is 2. The van der Waals surface area contributed by atoms with E-state index in [9.17, 15) is 4.79 Å². The number of carbonyl (C=O) groups excluding carboxylic acids is 1. The number of nitrogens with zero attached hydrogens (tertiary/aromatic N) is 1. The highest BCUT2D eigenvalue weighted by molar-refractivity contribution is 6.33. The lowest BCUT2D eigenvalue weighted by Crippen LogP contribution is -2.23. The SMILES string of the molecule is COC(=O)C(=NCO)Oc1cc(C#CC2CC2)ccc1C. The van der Waals surface area contributed by atoms with Crippen molar-refractivity contribution in [2.45, 2.75) is 19.8 Å². The number of carbonyl (C=O) groups is 1. The van der Waals surface area contributed by atoms with E-state index in [-0.39, 0.29) is 5.90 Å². The van der Waals surface area contributed by atoms with E-state index in [1.807, 2.05) is 19.1 Å². The lowest BCUT2D eigenvalue weighted by atomic mass is 10.1. The Kier molecular flexibility index (Phi) is 4.96. The molecule has 0 saturated heterocycles. The molecule has 2 rings (SSSR count). The summed E-state index contributed by atoms with van der Waals surface area (Å²) in [6.07, 6.45) is 2.33. The molecule has 0 amide bonds. The molecule has 21 heavy (non-hydrogen) atoms. The van der Waals surface area contributed by atoms with E-state index in [1.54, 1.807) is 6.07 Å². The van der Waals surface area contributed by atoms with E-state index in [0.29, 0.717) is 11.7 Å². The zero-order chi connectivity index (χ0) is 15.2. The van der Waals surface area contributed by atoms with Crippen LogP contribution in [0.5, 0.6) is 5.75 Å². The first-order valence-electron chi connectivity index (χ1n) is 6.67. The van der Waals surface area contributed by atoms with E-state index < -0.39 is 12.7 Å². The van der Waals surface area contributed by atoms with Crippen LogP contribution in [0.2, 0.25) is 0 Å². The third kappa shape index (κ3) is 4.33. The number of benzene rings is 1. The second kappa shape index (κ2) is 6.91. The predicted molar refractivity (Wildman–Crippen MR) is 77.9 cm³/mol. The normalized spacial score (nSPS) is 14.1. The van der Waals surface area contributed by atoms with Gasteiger partial charge in [0, 0.05) is 11.5 Å². The average Bonchev–Trinajstić information content (AvgIpc) is 3.30. The van der Waals surface area contributed by atoms with Crippen molar-refractivity contribution in [1.82, 2.24) is 0 Å². The number of aliphatic imine (C=N–C) groups is 1. The van der Waals surface area contributed by atoms with Crippen LogP contribution in [0.15, 0.2) is 23.2 Å². The lowest BCUT2D eigenvalue weighted by molar-refractivity contribution is -0.133. The number of methoxy groups -OCH3 is 1. The van der Waals surface area contributed by atoms with Gasteiger partial charge in [-0.2, -0.15) is 0 Å². The monoisotopic (exact) mass is 287 g/mol. The molecule has 0 radical (unpaired) electrons. The molecule has 1 N–H and O–H groups in total. The van der Waals surface area contributed by atoms with Crippen molar-refractivity contribution in [2.75, 3.05) is 13.8 Å². The first-order chi connectivity index (χ1) is 10.1. The molecule has 1 fully saturated rings. The maximum Gasteiger partial charge on any atom is 0.394 e. The van der Waals surface area contributed by atoms with Gasteiger partial charge in [-0.1, -0.05) is 17.9 Å². The lowest BCUT2D eigenvalue weighted by Gasteiger charge is -2.09. The van der Waals surface area contributed by atoms with Crippen LogP contribution in [0.25, 0.3) is 0 Å². The van der Waals surface area contributed by atoms with Gasteiger partial charge in [-0.05, 0) is 37.5 Å². The van der Waals surface area contributed by atoms with Crippen molar-refractivity contribution in [3.05, 3.63) is 29.3 Å². The van der Waals surface area contributed by atoms with Crippen LogP contribution in [-0.2, 0) is 9.53 Å². The van der Waals surface area contributed by atoms with Crippen molar-refractivity contribution in [2.24, 2.45) is 10.9 Å². The minimum Gasteiger partial charge on any atom is -0.462 e. The molecule has 0 heterocycles. The fraction of sp³-hybridized carbons (Fsp3) is 0.375. The largest absolute Gasteiger partial charge is 0.462 e. The molecule has 1 aliphatic carbocycles. The topological polar surface area (TPSA) is 68.1 Å². The van der Waals surface area contributed by atoms with E-state index in [4.69, 9.17) is 9.84 Å². The van der Waals surface area contributed by atoms with Crippen molar-refractivity contribution in [3.8, 4) is 17.6 Å². The molecule has 1 aliphatic rings. The third-order valence-corrected chi connectivity index (χ3v) is 2.97. The van der Waals surface area contributed by atoms with Gasteiger partial charge < -0.3 is 14.6 Å². The number of aryl methyl sites for hydroxylation is 1. The molecule has 0 atom stereocenters. The van der Waals surface area contributed by atoms with Crippen LogP contribution in [0.3, 0.4) is 0 Å². The predicted octanol–water partition coefficient (Wildman–Crippen LogP) is 1.66. The van der Waals surface area contributed by atoms with E-state index in [2.05, 4.69) is 21.6 Å². The zero-order valence-electron chi connectivity index (χ0n) is 12.0. The van der Waals surface area contributed by atoms with Gasteiger partial charge in [-0.15, -0.1) is 0 Å². The number of hydrogen-bond acceptors (Lipinski definition) is 5. The number of esters is 1. The molecule has 0 aliphatic heterocycles. The first-order valence-corrected chi connectivity index (χ1v) is 6.67. The molecule has 1 aromatic rings. The van der Waals surface area contributed by atoms with Gasteiger partial charge >= 0.3 is 11.9 Å². The van der Waals surface area contributed by atoms with Crippen molar-refractivity contribution >= 4 is 11.9 Å². The second-order valence-electron chi connectivity index (χ2n) is 4.72. The molecule has 5 heteroatoms. The fourth-order valence-corrected chi connectivity index (χ4v) is 1.60. The maximum atomic E-state index is 11.5. The quantitative estimate of drug-likeness (QED) is 0.389. The van der Waals surface area contributed by atoms with Gasteiger partial charge in [0.2, 0.25) is 0 Å². The van der Waals surface area contributed by atoms with Crippen LogP contribution in [0, 0.1) is 24.7 Å². The minimum atomic E-state index is -0.738. The summed E-state index contributed by atoms with van der Waals surface area (Å²) in [6.45, 7) is 1.30. The fourth-order valence-electron chi connectivity index (χ4n) is 1.60. The summed E-state index contributed by atoms with van der Waals surface area (Å²) in [4.78, 5) is 15.1. The first kappa shape index (κ1) is 15.1. The smallest absolute Gasteiger partial charge is 0.394 e. The number of aliphatic hydroxyl groups excluding tert-OH is 1. The average molecular weight is 287 g/mol. The highest BCUT2D eigenvalue weighted by Gasteiger charge is 2.18. The zero-order valence-corrected chi connectivity index (χ0v) is 12.0. The van der Waals surface area contributed by atoms with Gasteiger partial charge in [-0.3, -0.25) is 0 Å². The second-order valence-corrected chi connectivity index (χ2v) is 4.72. The molecular weight excluding hydrogens is 270 g/mol. The summed E-state index contributed by atoms with van der Waals surface area (Å²) in [6, 6.07) is 5.51. The Bertz CT molecular complexity index is 621. The van der Waals surface area contributed by atoms with Gasteiger partial charge in [0.05, 0.1) is 7.11 Å². The van der Waals surface area contributed by atoms with Crippen LogP contribution < -0.4 is 4.74 Å². The van der Waals surface area contributed by atoms with Crippen LogP contribution in [0.1, 0.15) is 24.0 Å². The van der Waals surface area contributed by atoms with Crippen molar-refractivity contribution < 1.29 is 19.4 Å². The standard InChI is InChI=1S/C16H17NO4/c1-11-3-4-13(8-7-12-5-6-12)9-14(11)21-15(17-10-18)16(19)20-2/h3-4,9,12,18H,5-6,10H2,1-2H3. The highest BCUT2D eigenvalue weighted by Crippen LogP contribution is 2.28. The molecule has 0 spiro atoms. The highest BCUT2D eigenvalue weighted by atomic mass is 16.6. The van der Waals surface area contributed by atoms with Crippen molar-refractivity contribution in [1.29, 1.82) is 0 Å². The molecule has 110 valence electrons. The number of hydrogen-bond donors (Lipinski definition) is 1. The number of aliphatic hydroxyl groups is 1. The molecule has 0 bridgehead atoms. The molecule has 1 saturated carbocycles. The van der Waals surface area contributed by atoms with Gasteiger partial charge in [0.15, 0.2) is 0 Å².